The fraction of sp³-hybridized carbons (Fsp3) is 0.786. The van der Waals surface area contributed by atoms with Crippen LogP contribution in [-0.4, -0.2) is 43.2 Å². The number of amides is 3. The average Bonchev–Trinajstić information content (AvgIpc) is 2.90. The van der Waals surface area contributed by atoms with Crippen molar-refractivity contribution in [3.8, 4) is 0 Å². The van der Waals surface area contributed by atoms with Gasteiger partial charge < -0.3 is 21.1 Å². The minimum absolute atomic E-state index is 0.0137. The topological polar surface area (TPSA) is 108 Å². The average molecular weight is 299 g/mol. The summed E-state index contributed by atoms with van der Waals surface area (Å²) in [6.45, 7) is 4.04. The zero-order valence-electron chi connectivity index (χ0n) is 12.9. The van der Waals surface area contributed by atoms with Crippen molar-refractivity contribution in [1.29, 1.82) is 0 Å². The van der Waals surface area contributed by atoms with E-state index in [2.05, 4.69) is 16.0 Å². The van der Waals surface area contributed by atoms with Gasteiger partial charge in [-0.15, -0.1) is 0 Å². The first-order chi connectivity index (χ1) is 9.77. The molecule has 7 nitrogen and oxygen atoms in total. The number of carboxylic acids is 1. The van der Waals surface area contributed by atoms with Crippen molar-refractivity contribution in [2.75, 3.05) is 20.1 Å². The fourth-order valence-electron chi connectivity index (χ4n) is 2.61. The molecule has 1 saturated carbocycles. The second-order valence-electron chi connectivity index (χ2n) is 6.16. The van der Waals surface area contributed by atoms with Crippen LogP contribution in [0, 0.1) is 17.3 Å². The third-order valence-corrected chi connectivity index (χ3v) is 4.03. The Morgan fingerprint density at radius 1 is 1.19 bits per heavy atom. The van der Waals surface area contributed by atoms with Crippen LogP contribution in [0.1, 0.15) is 33.1 Å². The third kappa shape index (κ3) is 4.91. The maximum Gasteiger partial charge on any atom is 0.314 e. The van der Waals surface area contributed by atoms with E-state index < -0.39 is 11.4 Å². The molecular weight excluding hydrogens is 274 g/mol. The molecule has 0 aromatic heterocycles. The summed E-state index contributed by atoms with van der Waals surface area (Å²) >= 11 is 0. The number of hydrogen-bond donors (Lipinski definition) is 4. The summed E-state index contributed by atoms with van der Waals surface area (Å²) in [5, 5.41) is 17.0. The van der Waals surface area contributed by atoms with E-state index in [0.717, 1.165) is 12.8 Å². The van der Waals surface area contributed by atoms with E-state index in [1.54, 1.807) is 20.9 Å². The number of hydrogen-bond acceptors (Lipinski definition) is 3. The maximum atomic E-state index is 11.7. The number of carbonyl (C=O) groups excluding carboxylic acids is 2. The van der Waals surface area contributed by atoms with E-state index in [4.69, 9.17) is 5.11 Å². The van der Waals surface area contributed by atoms with Crippen LogP contribution in [0.15, 0.2) is 0 Å². The van der Waals surface area contributed by atoms with Gasteiger partial charge in [-0.3, -0.25) is 9.59 Å². The lowest BCUT2D eigenvalue weighted by Gasteiger charge is -2.23. The van der Waals surface area contributed by atoms with E-state index in [1.807, 2.05) is 0 Å². The number of carbonyl (C=O) groups is 3. The summed E-state index contributed by atoms with van der Waals surface area (Å²) in [5.74, 6) is -1.32. The molecule has 0 aliphatic heterocycles. The number of urea groups is 1. The lowest BCUT2D eigenvalue weighted by molar-refractivity contribution is -0.142. The smallest absolute Gasteiger partial charge is 0.314 e. The minimum atomic E-state index is -0.791. The molecule has 0 spiro atoms. The first-order valence-corrected chi connectivity index (χ1v) is 7.24. The molecule has 120 valence electrons. The highest BCUT2D eigenvalue weighted by molar-refractivity contribution is 5.83. The minimum Gasteiger partial charge on any atom is -0.481 e. The van der Waals surface area contributed by atoms with Crippen molar-refractivity contribution in [3.63, 3.8) is 0 Å². The van der Waals surface area contributed by atoms with E-state index >= 15 is 0 Å². The van der Waals surface area contributed by atoms with Crippen molar-refractivity contribution in [2.24, 2.45) is 17.3 Å². The SMILES string of the molecule is CNC(=O)C(C)(C)CNC(=O)NCC1CCCC1C(=O)O. The van der Waals surface area contributed by atoms with Gasteiger partial charge in [0, 0.05) is 20.1 Å². The lowest BCUT2D eigenvalue weighted by Crippen LogP contribution is -2.47. The van der Waals surface area contributed by atoms with Crippen LogP contribution in [0.3, 0.4) is 0 Å². The molecule has 0 radical (unpaired) electrons. The zero-order chi connectivity index (χ0) is 16.0. The summed E-state index contributed by atoms with van der Waals surface area (Å²) in [4.78, 5) is 34.4. The quantitative estimate of drug-likeness (QED) is 0.574. The third-order valence-electron chi connectivity index (χ3n) is 4.03. The Balaban J connectivity index is 2.35. The van der Waals surface area contributed by atoms with Gasteiger partial charge in [0.25, 0.3) is 0 Å². The molecule has 2 unspecified atom stereocenters. The highest BCUT2D eigenvalue weighted by atomic mass is 16.4. The van der Waals surface area contributed by atoms with Crippen LogP contribution in [0.25, 0.3) is 0 Å². The molecule has 1 fully saturated rings. The summed E-state index contributed by atoms with van der Waals surface area (Å²) < 4.78 is 0. The molecule has 3 amide bonds. The summed E-state index contributed by atoms with van der Waals surface area (Å²) in [6.07, 6.45) is 2.38. The molecule has 0 bridgehead atoms. The van der Waals surface area contributed by atoms with E-state index in [1.165, 1.54) is 0 Å². The van der Waals surface area contributed by atoms with Crippen molar-refractivity contribution < 1.29 is 19.5 Å². The van der Waals surface area contributed by atoms with Gasteiger partial charge in [-0.1, -0.05) is 6.42 Å². The van der Waals surface area contributed by atoms with Crippen molar-refractivity contribution >= 4 is 17.9 Å². The Kier molecular flexibility index (Phi) is 5.99. The standard InChI is InChI=1S/C14H25N3O4/c1-14(2,12(20)15-3)8-17-13(21)16-7-9-5-4-6-10(9)11(18)19/h9-10H,4-8H2,1-3H3,(H,15,20)(H,18,19)(H2,16,17,21). The summed E-state index contributed by atoms with van der Waals surface area (Å²) in [6, 6.07) is -0.372. The van der Waals surface area contributed by atoms with Gasteiger partial charge in [-0.05, 0) is 32.6 Å². The Morgan fingerprint density at radius 2 is 1.86 bits per heavy atom. The molecule has 0 aromatic carbocycles. The number of rotatable bonds is 6. The molecule has 1 aliphatic rings. The van der Waals surface area contributed by atoms with E-state index in [-0.39, 0.29) is 30.3 Å². The molecule has 0 heterocycles. The Labute approximate surface area is 124 Å². The molecule has 1 aliphatic carbocycles. The van der Waals surface area contributed by atoms with Crippen molar-refractivity contribution in [1.82, 2.24) is 16.0 Å². The predicted molar refractivity (Wildman–Crippen MR) is 77.7 cm³/mol. The van der Waals surface area contributed by atoms with Crippen LogP contribution in [0.4, 0.5) is 4.79 Å². The van der Waals surface area contributed by atoms with E-state index in [9.17, 15) is 14.4 Å². The maximum absolute atomic E-state index is 11.7. The summed E-state index contributed by atoms with van der Waals surface area (Å²) in [5.41, 5.74) is -0.691. The van der Waals surface area contributed by atoms with Crippen LogP contribution in [0.2, 0.25) is 0 Å². The second-order valence-corrected chi connectivity index (χ2v) is 6.16. The lowest BCUT2D eigenvalue weighted by atomic mass is 9.92. The Hall–Kier alpha value is -1.79. The Bertz CT molecular complexity index is 409. The number of carboxylic acid groups (broad SMARTS) is 1. The molecule has 1 rings (SSSR count). The molecule has 7 heteroatoms. The zero-order valence-corrected chi connectivity index (χ0v) is 12.9. The van der Waals surface area contributed by atoms with Crippen LogP contribution < -0.4 is 16.0 Å². The predicted octanol–water partition coefficient (Wildman–Crippen LogP) is 0.559. The fourth-order valence-corrected chi connectivity index (χ4v) is 2.61. The van der Waals surface area contributed by atoms with Gasteiger partial charge >= 0.3 is 12.0 Å². The van der Waals surface area contributed by atoms with Gasteiger partial charge in [0.05, 0.1) is 11.3 Å². The number of nitrogens with one attached hydrogen (secondary N) is 3. The van der Waals surface area contributed by atoms with Crippen LogP contribution >= 0.6 is 0 Å². The largest absolute Gasteiger partial charge is 0.481 e. The molecule has 4 N–H and O–H groups in total. The highest BCUT2D eigenvalue weighted by Crippen LogP contribution is 2.31. The highest BCUT2D eigenvalue weighted by Gasteiger charge is 2.33. The van der Waals surface area contributed by atoms with Crippen molar-refractivity contribution in [2.45, 2.75) is 33.1 Å². The molecule has 0 aromatic rings. The van der Waals surface area contributed by atoms with Crippen LogP contribution in [-0.2, 0) is 9.59 Å². The van der Waals surface area contributed by atoms with Gasteiger partial charge in [0.2, 0.25) is 5.91 Å². The second kappa shape index (κ2) is 7.28. The van der Waals surface area contributed by atoms with Gasteiger partial charge in [-0.2, -0.15) is 0 Å². The normalized spacial score (nSPS) is 21.7. The number of aliphatic carboxylic acids is 1. The van der Waals surface area contributed by atoms with Gasteiger partial charge in [0.15, 0.2) is 0 Å². The molecule has 21 heavy (non-hydrogen) atoms. The first kappa shape index (κ1) is 17.3. The van der Waals surface area contributed by atoms with Gasteiger partial charge in [0.1, 0.15) is 0 Å². The monoisotopic (exact) mass is 299 g/mol. The van der Waals surface area contributed by atoms with Crippen LogP contribution in [0.5, 0.6) is 0 Å². The molecular formula is C14H25N3O4. The van der Waals surface area contributed by atoms with E-state index in [0.29, 0.717) is 13.0 Å². The molecule has 0 saturated heterocycles. The Morgan fingerprint density at radius 3 is 2.43 bits per heavy atom. The first-order valence-electron chi connectivity index (χ1n) is 7.24. The summed E-state index contributed by atoms with van der Waals surface area (Å²) in [7, 11) is 1.55. The van der Waals surface area contributed by atoms with Gasteiger partial charge in [-0.25, -0.2) is 4.79 Å². The molecule has 2 atom stereocenters. The van der Waals surface area contributed by atoms with Crippen molar-refractivity contribution in [3.05, 3.63) is 0 Å².